The van der Waals surface area contributed by atoms with E-state index in [4.69, 9.17) is 0 Å². The first-order chi connectivity index (χ1) is 14.5. The Morgan fingerprint density at radius 3 is 2.87 bits per heavy atom. The van der Waals surface area contributed by atoms with Gasteiger partial charge in [0.25, 0.3) is 5.91 Å². The van der Waals surface area contributed by atoms with Crippen LogP contribution >= 0.6 is 0 Å². The molecule has 30 heavy (non-hydrogen) atoms. The average molecular weight is 412 g/mol. The van der Waals surface area contributed by atoms with Crippen LogP contribution in [-0.4, -0.2) is 43.6 Å². The molecule has 1 amide bonds. The second-order valence-corrected chi connectivity index (χ2v) is 7.33. The molecule has 0 fully saturated rings. The van der Waals surface area contributed by atoms with Gasteiger partial charge in [-0.3, -0.25) is 14.7 Å². The fourth-order valence-corrected chi connectivity index (χ4v) is 3.63. The number of rotatable bonds is 5. The zero-order valence-electron chi connectivity index (χ0n) is 16.6. The van der Waals surface area contributed by atoms with Gasteiger partial charge in [-0.25, -0.2) is 8.78 Å². The lowest BCUT2D eigenvalue weighted by Crippen LogP contribution is -2.30. The van der Waals surface area contributed by atoms with Gasteiger partial charge < -0.3 is 9.88 Å². The number of halogens is 2. The van der Waals surface area contributed by atoms with E-state index in [9.17, 15) is 13.6 Å². The Morgan fingerprint density at radius 1 is 1.20 bits per heavy atom. The molecule has 0 radical (unpaired) electrons. The minimum atomic E-state index is -0.771. The zero-order valence-corrected chi connectivity index (χ0v) is 16.6. The maximum atomic E-state index is 13.9. The number of nitrogens with zero attached hydrogens (tertiary/aromatic N) is 5. The van der Waals surface area contributed by atoms with E-state index in [0.717, 1.165) is 55.6 Å². The lowest BCUT2D eigenvalue weighted by Gasteiger charge is -2.20. The Labute approximate surface area is 172 Å². The number of fused-ring (bicyclic) bond motifs is 1. The molecule has 2 aromatic heterocycles. The number of aromatic nitrogens is 4. The van der Waals surface area contributed by atoms with Crippen LogP contribution in [0.2, 0.25) is 0 Å². The molecule has 0 aliphatic carbocycles. The first kappa shape index (κ1) is 20.1. The fourth-order valence-electron chi connectivity index (χ4n) is 3.63. The van der Waals surface area contributed by atoms with Crippen molar-refractivity contribution in [1.82, 2.24) is 30.0 Å². The Hall–Kier alpha value is -3.20. The van der Waals surface area contributed by atoms with Gasteiger partial charge in [0.05, 0.1) is 11.6 Å². The highest BCUT2D eigenvalue weighted by atomic mass is 19.1. The number of nitrogens with one attached hydrogen (secondary N) is 1. The van der Waals surface area contributed by atoms with Gasteiger partial charge in [-0.15, -0.1) is 10.2 Å². The van der Waals surface area contributed by atoms with E-state index in [2.05, 4.69) is 25.4 Å². The minimum Gasteiger partial charge on any atom is -0.342 e. The van der Waals surface area contributed by atoms with E-state index in [1.807, 2.05) is 22.9 Å². The molecular formula is C21H22F2N6O. The second-order valence-electron chi connectivity index (χ2n) is 7.33. The van der Waals surface area contributed by atoms with Gasteiger partial charge in [-0.05, 0) is 36.8 Å². The van der Waals surface area contributed by atoms with Crippen molar-refractivity contribution in [3.05, 3.63) is 77.1 Å². The van der Waals surface area contributed by atoms with Crippen molar-refractivity contribution in [3.63, 3.8) is 0 Å². The number of carbonyl (C=O) groups is 1. The van der Waals surface area contributed by atoms with Gasteiger partial charge in [-0.2, -0.15) is 0 Å². The summed E-state index contributed by atoms with van der Waals surface area (Å²) >= 11 is 0. The van der Waals surface area contributed by atoms with E-state index in [-0.39, 0.29) is 5.56 Å². The predicted octanol–water partition coefficient (Wildman–Crippen LogP) is 2.50. The van der Waals surface area contributed by atoms with Crippen LogP contribution < -0.4 is 5.32 Å². The molecular weight excluding hydrogens is 390 g/mol. The number of hydrogen-bond donors (Lipinski definition) is 1. The number of benzene rings is 1. The molecule has 1 aliphatic heterocycles. The highest BCUT2D eigenvalue weighted by Crippen LogP contribution is 2.18. The molecule has 0 saturated heterocycles. The highest BCUT2D eigenvalue weighted by Gasteiger charge is 2.24. The Bertz CT molecular complexity index is 1040. The zero-order chi connectivity index (χ0) is 21.1. The van der Waals surface area contributed by atoms with Crippen LogP contribution in [0.5, 0.6) is 0 Å². The Kier molecular flexibility index (Phi) is 5.80. The number of carbonyl (C=O) groups excluding carboxylic acids is 1. The smallest absolute Gasteiger partial charge is 0.254 e. The maximum absolute atomic E-state index is 13.9. The number of hydrogen-bond acceptors (Lipinski definition) is 5. The third-order valence-electron chi connectivity index (χ3n) is 5.18. The van der Waals surface area contributed by atoms with Crippen LogP contribution in [-0.2, 0) is 19.5 Å². The summed E-state index contributed by atoms with van der Waals surface area (Å²) in [5.74, 6) is -0.690. The van der Waals surface area contributed by atoms with Crippen molar-refractivity contribution < 1.29 is 13.6 Å². The fraction of sp³-hybridized carbons (Fsp3) is 0.333. The molecule has 1 N–H and O–H groups in total. The van der Waals surface area contributed by atoms with Crippen molar-refractivity contribution in [2.24, 2.45) is 0 Å². The minimum absolute atomic E-state index is 0.333. The summed E-state index contributed by atoms with van der Waals surface area (Å²) in [6.07, 6.45) is 4.34. The molecule has 1 atom stereocenters. The molecule has 0 bridgehead atoms. The van der Waals surface area contributed by atoms with Gasteiger partial charge in [0.15, 0.2) is 5.82 Å². The summed E-state index contributed by atoms with van der Waals surface area (Å²) < 4.78 is 29.3. The predicted molar refractivity (Wildman–Crippen MR) is 105 cm³/mol. The molecule has 7 nitrogen and oxygen atoms in total. The molecule has 0 unspecified atom stereocenters. The molecule has 4 rings (SSSR count). The van der Waals surface area contributed by atoms with Crippen molar-refractivity contribution in [1.29, 1.82) is 0 Å². The molecule has 1 aliphatic rings. The van der Waals surface area contributed by atoms with Crippen LogP contribution in [0.4, 0.5) is 8.78 Å². The lowest BCUT2D eigenvalue weighted by molar-refractivity contribution is 0.0933. The molecule has 1 aromatic carbocycles. The van der Waals surface area contributed by atoms with Gasteiger partial charge in [0, 0.05) is 45.0 Å². The number of pyridine rings is 1. The van der Waals surface area contributed by atoms with Crippen LogP contribution in [0, 0.1) is 11.6 Å². The SMILES string of the molecule is C[C@H](NC(=O)c1cc(F)ccc1F)c1nnc2n1CCN(Cc1cccnc1)CC2. The molecule has 3 heterocycles. The number of amides is 1. The molecule has 156 valence electrons. The molecule has 0 saturated carbocycles. The molecule has 0 spiro atoms. The highest BCUT2D eigenvalue weighted by molar-refractivity contribution is 5.94. The van der Waals surface area contributed by atoms with Gasteiger partial charge in [-0.1, -0.05) is 6.07 Å². The van der Waals surface area contributed by atoms with Crippen LogP contribution in [0.25, 0.3) is 0 Å². The van der Waals surface area contributed by atoms with Crippen molar-refractivity contribution in [3.8, 4) is 0 Å². The third kappa shape index (κ3) is 4.35. The van der Waals surface area contributed by atoms with Gasteiger partial charge >= 0.3 is 0 Å². The average Bonchev–Trinajstić information content (AvgIpc) is 3.05. The monoisotopic (exact) mass is 412 g/mol. The van der Waals surface area contributed by atoms with Crippen molar-refractivity contribution in [2.75, 3.05) is 13.1 Å². The maximum Gasteiger partial charge on any atom is 0.254 e. The van der Waals surface area contributed by atoms with E-state index in [0.29, 0.717) is 12.4 Å². The second kappa shape index (κ2) is 8.66. The van der Waals surface area contributed by atoms with Gasteiger partial charge in [0.1, 0.15) is 17.5 Å². The summed E-state index contributed by atoms with van der Waals surface area (Å²) in [6.45, 7) is 4.86. The first-order valence-corrected chi connectivity index (χ1v) is 9.80. The van der Waals surface area contributed by atoms with Crippen molar-refractivity contribution in [2.45, 2.75) is 32.5 Å². The van der Waals surface area contributed by atoms with E-state index in [1.165, 1.54) is 0 Å². The van der Waals surface area contributed by atoms with E-state index >= 15 is 0 Å². The van der Waals surface area contributed by atoms with Crippen LogP contribution in [0.15, 0.2) is 42.7 Å². The normalized spacial score (nSPS) is 15.3. The topological polar surface area (TPSA) is 75.9 Å². The largest absolute Gasteiger partial charge is 0.342 e. The summed E-state index contributed by atoms with van der Waals surface area (Å²) in [7, 11) is 0. The first-order valence-electron chi connectivity index (χ1n) is 9.80. The summed E-state index contributed by atoms with van der Waals surface area (Å²) in [5, 5.41) is 11.2. The quantitative estimate of drug-likeness (QED) is 0.697. The summed E-state index contributed by atoms with van der Waals surface area (Å²) in [4.78, 5) is 18.9. The van der Waals surface area contributed by atoms with Crippen molar-refractivity contribution >= 4 is 5.91 Å². The van der Waals surface area contributed by atoms with E-state index < -0.39 is 23.6 Å². The van der Waals surface area contributed by atoms with Gasteiger partial charge in [0.2, 0.25) is 0 Å². The molecule has 3 aromatic rings. The Balaban J connectivity index is 1.44. The summed E-state index contributed by atoms with van der Waals surface area (Å²) in [5.41, 5.74) is 0.813. The standard InChI is InChI=1S/C21H22F2N6O/c1-14(25-21(30)17-11-16(22)4-5-18(17)23)20-27-26-19-6-8-28(9-10-29(19)20)13-15-3-2-7-24-12-15/h2-5,7,11-12,14H,6,8-10,13H2,1H3,(H,25,30)/t14-/m0/s1. The van der Waals surface area contributed by atoms with Crippen LogP contribution in [0.3, 0.4) is 0 Å². The summed E-state index contributed by atoms with van der Waals surface area (Å²) in [6, 6.07) is 6.27. The van der Waals surface area contributed by atoms with E-state index in [1.54, 1.807) is 13.1 Å². The Morgan fingerprint density at radius 2 is 2.07 bits per heavy atom. The van der Waals surface area contributed by atoms with Crippen LogP contribution in [0.1, 0.15) is 40.5 Å². The lowest BCUT2D eigenvalue weighted by atomic mass is 10.1. The molecule has 9 heteroatoms. The third-order valence-corrected chi connectivity index (χ3v) is 5.18.